The standard InChI is InChI=1S/C33H47NO6/c1-20-27(40-30(37)21-7-5-4-6-8-21)11-12-28(38-20)39-23-13-16-31(2)22(19-23)9-10-25-24(31)14-17-32(3)26(29(35)36)15-18-33(25,32)34/h4-8,20,22-28H,9-19,34H2,1-3H3,(H,35,36)/t20-,22+,23-,24-,25+,26+,27+,28-,31-,32+,33-/m0/s1. The van der Waals surface area contributed by atoms with Crippen molar-refractivity contribution in [2.45, 2.75) is 122 Å². The van der Waals surface area contributed by atoms with Crippen LogP contribution < -0.4 is 5.73 Å². The van der Waals surface area contributed by atoms with Crippen molar-refractivity contribution in [3.05, 3.63) is 35.9 Å². The number of benzene rings is 1. The van der Waals surface area contributed by atoms with Crippen molar-refractivity contribution in [1.82, 2.24) is 0 Å². The molecular formula is C33H47NO6. The van der Waals surface area contributed by atoms with Crippen LogP contribution in [0, 0.1) is 34.5 Å². The first-order valence-electron chi connectivity index (χ1n) is 15.6. The molecule has 6 rings (SSSR count). The highest BCUT2D eigenvalue weighted by molar-refractivity contribution is 5.89. The molecule has 11 atom stereocenters. The summed E-state index contributed by atoms with van der Waals surface area (Å²) in [5, 5.41) is 9.94. The fourth-order valence-corrected chi connectivity index (χ4v) is 9.99. The third-order valence-electron chi connectivity index (χ3n) is 12.4. The van der Waals surface area contributed by atoms with Crippen LogP contribution in [-0.4, -0.2) is 47.2 Å². The van der Waals surface area contributed by atoms with Crippen molar-refractivity contribution < 1.29 is 28.9 Å². The van der Waals surface area contributed by atoms with E-state index in [1.54, 1.807) is 12.1 Å². The van der Waals surface area contributed by atoms with Crippen LogP contribution in [0.1, 0.15) is 102 Å². The van der Waals surface area contributed by atoms with Gasteiger partial charge in [0.2, 0.25) is 0 Å². The maximum absolute atomic E-state index is 12.5. The van der Waals surface area contributed by atoms with Gasteiger partial charge in [-0.25, -0.2) is 4.79 Å². The second kappa shape index (κ2) is 10.4. The molecule has 5 aliphatic rings. The number of carbonyl (C=O) groups excluding carboxylic acids is 1. The molecule has 0 spiro atoms. The minimum absolute atomic E-state index is 0.179. The molecule has 0 amide bonds. The molecule has 1 aliphatic heterocycles. The molecule has 0 radical (unpaired) electrons. The Balaban J connectivity index is 1.05. The average Bonchev–Trinajstić information content (AvgIpc) is 3.22. The number of esters is 1. The van der Waals surface area contributed by atoms with Crippen LogP contribution in [0.3, 0.4) is 0 Å². The van der Waals surface area contributed by atoms with E-state index < -0.39 is 5.97 Å². The SMILES string of the molecule is C[C@@H]1O[C@@H](O[C@H]2CC[C@@]3(C)[C@H](CC[C@@H]4[C@@H]3CC[C@]3(C)[C@@H](C(=O)O)CC[C@]43N)C2)CC[C@H]1OC(=O)c1ccccc1. The Bertz CT molecular complexity index is 1110. The van der Waals surface area contributed by atoms with Gasteiger partial charge in [-0.3, -0.25) is 4.79 Å². The molecule has 7 heteroatoms. The lowest BCUT2D eigenvalue weighted by atomic mass is 9.42. The minimum atomic E-state index is -0.661. The summed E-state index contributed by atoms with van der Waals surface area (Å²) in [6, 6.07) is 9.10. The molecule has 5 fully saturated rings. The van der Waals surface area contributed by atoms with E-state index in [9.17, 15) is 14.7 Å². The smallest absolute Gasteiger partial charge is 0.338 e. The second-order valence-corrected chi connectivity index (χ2v) is 14.1. The van der Waals surface area contributed by atoms with Crippen molar-refractivity contribution in [2.75, 3.05) is 0 Å². The first kappa shape index (κ1) is 28.2. The molecule has 7 nitrogen and oxygen atoms in total. The lowest BCUT2D eigenvalue weighted by Crippen LogP contribution is -2.66. The van der Waals surface area contributed by atoms with E-state index in [1.165, 1.54) is 0 Å². The van der Waals surface area contributed by atoms with E-state index in [0.29, 0.717) is 29.7 Å². The number of carboxylic acids is 1. The number of nitrogens with two attached hydrogens (primary N) is 1. The lowest BCUT2D eigenvalue weighted by molar-refractivity contribution is -0.247. The van der Waals surface area contributed by atoms with Gasteiger partial charge in [0, 0.05) is 12.0 Å². The summed E-state index contributed by atoms with van der Waals surface area (Å²) in [5.74, 6) is 0.285. The molecule has 1 aromatic rings. The van der Waals surface area contributed by atoms with Crippen LogP contribution in [-0.2, 0) is 19.0 Å². The maximum atomic E-state index is 12.5. The Morgan fingerprint density at radius 1 is 0.950 bits per heavy atom. The van der Waals surface area contributed by atoms with Crippen molar-refractivity contribution in [3.63, 3.8) is 0 Å². The molecule has 4 aliphatic carbocycles. The van der Waals surface area contributed by atoms with Gasteiger partial charge in [-0.15, -0.1) is 0 Å². The van der Waals surface area contributed by atoms with E-state index in [2.05, 4.69) is 13.8 Å². The summed E-state index contributed by atoms with van der Waals surface area (Å²) < 4.78 is 18.6. The fourth-order valence-electron chi connectivity index (χ4n) is 9.99. The molecule has 220 valence electrons. The Labute approximate surface area is 238 Å². The van der Waals surface area contributed by atoms with Gasteiger partial charge in [0.25, 0.3) is 0 Å². The summed E-state index contributed by atoms with van der Waals surface area (Å²) >= 11 is 0. The van der Waals surface area contributed by atoms with E-state index in [-0.39, 0.29) is 52.9 Å². The van der Waals surface area contributed by atoms with Gasteiger partial charge in [0.1, 0.15) is 6.10 Å². The number of hydrogen-bond acceptors (Lipinski definition) is 6. The van der Waals surface area contributed by atoms with Gasteiger partial charge in [0.05, 0.1) is 23.7 Å². The number of carboxylic acid groups (broad SMARTS) is 1. The zero-order valence-electron chi connectivity index (χ0n) is 24.3. The van der Waals surface area contributed by atoms with Gasteiger partial charge in [0.15, 0.2) is 6.29 Å². The maximum Gasteiger partial charge on any atom is 0.338 e. The monoisotopic (exact) mass is 553 g/mol. The topological polar surface area (TPSA) is 108 Å². The summed E-state index contributed by atoms with van der Waals surface area (Å²) in [6.45, 7) is 6.63. The van der Waals surface area contributed by atoms with Crippen molar-refractivity contribution >= 4 is 11.9 Å². The zero-order valence-corrected chi connectivity index (χ0v) is 24.3. The molecule has 0 aromatic heterocycles. The van der Waals surface area contributed by atoms with E-state index in [4.69, 9.17) is 19.9 Å². The van der Waals surface area contributed by atoms with Gasteiger partial charge in [-0.1, -0.05) is 32.0 Å². The first-order chi connectivity index (χ1) is 19.0. The van der Waals surface area contributed by atoms with Crippen LogP contribution >= 0.6 is 0 Å². The quantitative estimate of drug-likeness (QED) is 0.343. The predicted molar refractivity (Wildman–Crippen MR) is 150 cm³/mol. The average molecular weight is 554 g/mol. The Kier molecular flexibility index (Phi) is 7.32. The highest BCUT2D eigenvalue weighted by atomic mass is 16.7. The number of aliphatic carboxylic acids is 1. The van der Waals surface area contributed by atoms with Crippen LogP contribution in [0.15, 0.2) is 30.3 Å². The van der Waals surface area contributed by atoms with Crippen LogP contribution in [0.25, 0.3) is 0 Å². The molecule has 3 N–H and O–H groups in total. The molecule has 1 aromatic carbocycles. The number of fused-ring (bicyclic) bond motifs is 5. The molecule has 1 saturated heterocycles. The summed E-state index contributed by atoms with van der Waals surface area (Å²) in [6.07, 6.45) is 9.89. The Morgan fingerprint density at radius 3 is 2.45 bits per heavy atom. The summed E-state index contributed by atoms with van der Waals surface area (Å²) in [5.41, 5.74) is 7.39. The number of hydrogen-bond donors (Lipinski definition) is 2. The summed E-state index contributed by atoms with van der Waals surface area (Å²) in [7, 11) is 0. The van der Waals surface area contributed by atoms with E-state index in [1.807, 2.05) is 25.1 Å². The minimum Gasteiger partial charge on any atom is -0.481 e. The molecule has 40 heavy (non-hydrogen) atoms. The van der Waals surface area contributed by atoms with Crippen molar-refractivity contribution in [1.29, 1.82) is 0 Å². The lowest BCUT2D eigenvalue weighted by Gasteiger charge is -2.64. The molecule has 0 unspecified atom stereocenters. The second-order valence-electron chi connectivity index (χ2n) is 14.1. The van der Waals surface area contributed by atoms with Gasteiger partial charge >= 0.3 is 11.9 Å². The number of ether oxygens (including phenoxy) is 3. The van der Waals surface area contributed by atoms with Gasteiger partial charge < -0.3 is 25.1 Å². The molecule has 0 bridgehead atoms. The number of rotatable bonds is 5. The van der Waals surface area contributed by atoms with Gasteiger partial charge in [-0.05, 0) is 112 Å². The highest BCUT2D eigenvalue weighted by Gasteiger charge is 2.67. The first-order valence-corrected chi connectivity index (χ1v) is 15.6. The Morgan fingerprint density at radius 2 is 1.73 bits per heavy atom. The summed E-state index contributed by atoms with van der Waals surface area (Å²) in [4.78, 5) is 24.6. The third-order valence-corrected chi connectivity index (χ3v) is 12.4. The third kappa shape index (κ3) is 4.51. The highest BCUT2D eigenvalue weighted by Crippen LogP contribution is 2.68. The van der Waals surface area contributed by atoms with Crippen LogP contribution in [0.5, 0.6) is 0 Å². The van der Waals surface area contributed by atoms with Crippen molar-refractivity contribution in [3.8, 4) is 0 Å². The number of carbonyl (C=O) groups is 2. The van der Waals surface area contributed by atoms with Crippen LogP contribution in [0.4, 0.5) is 0 Å². The predicted octanol–water partition coefficient (Wildman–Crippen LogP) is 5.95. The van der Waals surface area contributed by atoms with Gasteiger partial charge in [-0.2, -0.15) is 0 Å². The van der Waals surface area contributed by atoms with Crippen molar-refractivity contribution in [2.24, 2.45) is 40.2 Å². The van der Waals surface area contributed by atoms with E-state index >= 15 is 0 Å². The zero-order chi connectivity index (χ0) is 28.3. The molecule has 1 heterocycles. The Hall–Kier alpha value is -1.96. The molecule has 4 saturated carbocycles. The normalized spacial score (nSPS) is 46.5. The fraction of sp³-hybridized carbons (Fsp3) is 0.758. The van der Waals surface area contributed by atoms with E-state index in [0.717, 1.165) is 64.2 Å². The molecular weight excluding hydrogens is 506 g/mol. The van der Waals surface area contributed by atoms with Crippen LogP contribution in [0.2, 0.25) is 0 Å². The largest absolute Gasteiger partial charge is 0.481 e.